The molecule has 0 radical (unpaired) electrons. The average molecular weight is 170 g/mol. The molecule has 1 rings (SSSR count). The number of nitrogens with one attached hydrogen (secondary N) is 1. The first-order valence-corrected chi connectivity index (χ1v) is 2.96. The van der Waals surface area contributed by atoms with Crippen LogP contribution in [-0.2, 0) is 0 Å². The lowest BCUT2D eigenvalue weighted by atomic mass is 10.1. The molecule has 4 nitrogen and oxygen atoms in total. The third kappa shape index (κ3) is 1.81. The second-order valence-electron chi connectivity index (χ2n) is 2.26. The van der Waals surface area contributed by atoms with Crippen LogP contribution in [0.4, 0.5) is 0 Å². The maximum atomic E-state index is 8.98. The molecule has 0 saturated carbocycles. The summed E-state index contributed by atoms with van der Waals surface area (Å²) in [6, 6.07) is -0.347. The highest BCUT2D eigenvalue weighted by Crippen LogP contribution is 2.05. The van der Waals surface area contributed by atoms with Crippen molar-refractivity contribution < 1.29 is 15.3 Å². The zero-order chi connectivity index (χ0) is 6.85. The van der Waals surface area contributed by atoms with Crippen molar-refractivity contribution in [3.63, 3.8) is 0 Å². The molecule has 0 aromatic carbocycles. The molecule has 1 saturated heterocycles. The van der Waals surface area contributed by atoms with Crippen molar-refractivity contribution in [3.8, 4) is 0 Å². The van der Waals surface area contributed by atoms with Crippen LogP contribution in [0.2, 0.25) is 0 Å². The first-order chi connectivity index (χ1) is 4.25. The van der Waals surface area contributed by atoms with E-state index in [0.29, 0.717) is 6.54 Å². The molecule has 0 bridgehead atoms. The van der Waals surface area contributed by atoms with Crippen LogP contribution in [0.15, 0.2) is 0 Å². The Morgan fingerprint density at radius 1 is 1.40 bits per heavy atom. The maximum Gasteiger partial charge on any atom is 0.0986 e. The number of hydrogen-bond donors (Lipinski definition) is 4. The van der Waals surface area contributed by atoms with Crippen molar-refractivity contribution in [1.82, 2.24) is 5.32 Å². The SMILES string of the molecule is Cl.OC[C@H]1NC[C@H](O)[C@H]1O. The summed E-state index contributed by atoms with van der Waals surface area (Å²) in [5, 5.41) is 29.1. The van der Waals surface area contributed by atoms with Crippen molar-refractivity contribution in [1.29, 1.82) is 0 Å². The van der Waals surface area contributed by atoms with Gasteiger partial charge in [-0.3, -0.25) is 0 Å². The van der Waals surface area contributed by atoms with Gasteiger partial charge in [-0.05, 0) is 0 Å². The van der Waals surface area contributed by atoms with Crippen LogP contribution in [0.1, 0.15) is 0 Å². The molecule has 0 unspecified atom stereocenters. The lowest BCUT2D eigenvalue weighted by Crippen LogP contribution is -2.35. The third-order valence-corrected chi connectivity index (χ3v) is 1.59. The van der Waals surface area contributed by atoms with Gasteiger partial charge in [0.15, 0.2) is 0 Å². The van der Waals surface area contributed by atoms with E-state index in [-0.39, 0.29) is 25.1 Å². The second kappa shape index (κ2) is 4.10. The maximum absolute atomic E-state index is 8.98. The van der Waals surface area contributed by atoms with Crippen LogP contribution in [0.5, 0.6) is 0 Å². The largest absolute Gasteiger partial charge is 0.395 e. The summed E-state index contributed by atoms with van der Waals surface area (Å²) in [7, 11) is 0. The Bertz CT molecular complexity index is 103. The van der Waals surface area contributed by atoms with Gasteiger partial charge in [0.1, 0.15) is 0 Å². The molecule has 4 N–H and O–H groups in total. The number of rotatable bonds is 1. The topological polar surface area (TPSA) is 72.7 Å². The van der Waals surface area contributed by atoms with Gasteiger partial charge in [0.05, 0.1) is 24.9 Å². The van der Waals surface area contributed by atoms with Gasteiger partial charge in [-0.25, -0.2) is 0 Å². The lowest BCUT2D eigenvalue weighted by molar-refractivity contribution is 0.0295. The zero-order valence-corrected chi connectivity index (χ0v) is 6.21. The fraction of sp³-hybridized carbons (Fsp3) is 1.00. The Labute approximate surface area is 65.3 Å². The average Bonchev–Trinajstić information content (AvgIpc) is 2.15. The van der Waals surface area contributed by atoms with Gasteiger partial charge < -0.3 is 20.6 Å². The van der Waals surface area contributed by atoms with E-state index in [4.69, 9.17) is 15.3 Å². The monoisotopic (exact) mass is 169 g/mol. The lowest BCUT2D eigenvalue weighted by Gasteiger charge is -2.11. The normalized spacial score (nSPS) is 39.3. The van der Waals surface area contributed by atoms with Gasteiger partial charge >= 0.3 is 0 Å². The van der Waals surface area contributed by atoms with E-state index in [1.54, 1.807) is 0 Å². The van der Waals surface area contributed by atoms with Crippen molar-refractivity contribution >= 4 is 12.4 Å². The van der Waals surface area contributed by atoms with E-state index >= 15 is 0 Å². The molecule has 3 atom stereocenters. The Hall–Kier alpha value is 0.130. The smallest absolute Gasteiger partial charge is 0.0986 e. The quantitative estimate of drug-likeness (QED) is 0.370. The van der Waals surface area contributed by atoms with E-state index in [9.17, 15) is 0 Å². The van der Waals surface area contributed by atoms with Gasteiger partial charge in [-0.15, -0.1) is 12.4 Å². The van der Waals surface area contributed by atoms with Crippen molar-refractivity contribution in [2.45, 2.75) is 18.2 Å². The van der Waals surface area contributed by atoms with Crippen LogP contribution in [0, 0.1) is 0 Å². The highest BCUT2D eigenvalue weighted by atomic mass is 35.5. The summed E-state index contributed by atoms with van der Waals surface area (Å²) < 4.78 is 0. The molecular weight excluding hydrogens is 158 g/mol. The predicted molar refractivity (Wildman–Crippen MR) is 38.1 cm³/mol. The number of hydrogen-bond acceptors (Lipinski definition) is 4. The molecule has 5 heteroatoms. The summed E-state index contributed by atoms with van der Waals surface area (Å²) in [4.78, 5) is 0. The second-order valence-corrected chi connectivity index (χ2v) is 2.26. The molecule has 0 aromatic heterocycles. The molecule has 0 aromatic rings. The van der Waals surface area contributed by atoms with Gasteiger partial charge in [0.25, 0.3) is 0 Å². The predicted octanol–water partition coefficient (Wildman–Crippen LogP) is -1.91. The standard InChI is InChI=1S/C5H11NO3.ClH/c7-2-3-5(9)4(8)1-6-3;/h3-9H,1-2H2;1H/t3-,4+,5+;/m1./s1. The van der Waals surface area contributed by atoms with Crippen molar-refractivity contribution in [2.75, 3.05) is 13.2 Å². The number of aliphatic hydroxyl groups is 3. The molecule has 1 aliphatic heterocycles. The molecular formula is C5H12ClNO3. The van der Waals surface area contributed by atoms with Crippen LogP contribution in [0.3, 0.4) is 0 Å². The summed E-state index contributed by atoms with van der Waals surface area (Å²) >= 11 is 0. The number of β-amino-alcohol motifs (C(OH)–C–C–N with tert-alkyl or cyclic N) is 1. The van der Waals surface area contributed by atoms with E-state index in [1.807, 2.05) is 0 Å². The Morgan fingerprint density at radius 2 is 2.00 bits per heavy atom. The van der Waals surface area contributed by atoms with Gasteiger partial charge in [-0.1, -0.05) is 0 Å². The van der Waals surface area contributed by atoms with Gasteiger partial charge in [-0.2, -0.15) is 0 Å². The fourth-order valence-corrected chi connectivity index (χ4v) is 0.954. The summed E-state index contributed by atoms with van der Waals surface area (Å²) in [5.41, 5.74) is 0. The Balaban J connectivity index is 0.000000810. The van der Waals surface area contributed by atoms with E-state index in [1.165, 1.54) is 0 Å². The number of halogens is 1. The first kappa shape index (κ1) is 10.1. The first-order valence-electron chi connectivity index (χ1n) is 2.96. The minimum Gasteiger partial charge on any atom is -0.395 e. The van der Waals surface area contributed by atoms with E-state index < -0.39 is 12.2 Å². The van der Waals surface area contributed by atoms with Crippen molar-refractivity contribution in [2.24, 2.45) is 0 Å². The Kier molecular flexibility index (Phi) is 4.15. The molecule has 0 aliphatic carbocycles. The summed E-state index contributed by atoms with van der Waals surface area (Å²) in [6.45, 7) is 0.241. The molecule has 0 spiro atoms. The van der Waals surface area contributed by atoms with Crippen LogP contribution in [0.25, 0.3) is 0 Å². The van der Waals surface area contributed by atoms with E-state index in [0.717, 1.165) is 0 Å². The van der Waals surface area contributed by atoms with Gasteiger partial charge in [0.2, 0.25) is 0 Å². The minimum absolute atomic E-state index is 0. The highest BCUT2D eigenvalue weighted by molar-refractivity contribution is 5.85. The van der Waals surface area contributed by atoms with Crippen LogP contribution < -0.4 is 5.32 Å². The van der Waals surface area contributed by atoms with Crippen LogP contribution in [-0.4, -0.2) is 46.7 Å². The Morgan fingerprint density at radius 3 is 2.20 bits per heavy atom. The third-order valence-electron chi connectivity index (χ3n) is 1.59. The van der Waals surface area contributed by atoms with E-state index in [2.05, 4.69) is 5.32 Å². The van der Waals surface area contributed by atoms with Crippen molar-refractivity contribution in [3.05, 3.63) is 0 Å². The molecule has 10 heavy (non-hydrogen) atoms. The summed E-state index contributed by atoms with van der Waals surface area (Å²) in [5.74, 6) is 0. The highest BCUT2D eigenvalue weighted by Gasteiger charge is 2.31. The molecule has 62 valence electrons. The number of aliphatic hydroxyl groups excluding tert-OH is 3. The molecule has 0 amide bonds. The molecule has 1 heterocycles. The van der Waals surface area contributed by atoms with Gasteiger partial charge in [0, 0.05) is 6.54 Å². The fourth-order valence-electron chi connectivity index (χ4n) is 0.954. The minimum atomic E-state index is -0.810. The van der Waals surface area contributed by atoms with Crippen LogP contribution >= 0.6 is 12.4 Å². The summed E-state index contributed by atoms with van der Waals surface area (Å²) in [6.07, 6.45) is -1.53. The molecule has 1 aliphatic rings. The molecule has 1 fully saturated rings. The zero-order valence-electron chi connectivity index (χ0n) is 5.40.